The van der Waals surface area contributed by atoms with Gasteiger partial charge in [-0.1, -0.05) is 13.8 Å². The Kier molecular flexibility index (Phi) is 7.32. The largest absolute Gasteiger partial charge is 0.468 e. The second-order valence-corrected chi connectivity index (χ2v) is 7.65. The maximum atomic E-state index is 12.1. The highest BCUT2D eigenvalue weighted by Gasteiger charge is 2.33. The summed E-state index contributed by atoms with van der Waals surface area (Å²) in [6, 6.07) is -0.245. The predicted octanol–water partition coefficient (Wildman–Crippen LogP) is 2.56. The zero-order valence-electron chi connectivity index (χ0n) is 15.3. The fraction of sp³-hybridized carbons (Fsp3) is 0.882. The number of amides is 1. The molecule has 0 radical (unpaired) electrons. The molecular weight excluding hydrogens is 296 g/mol. The second-order valence-electron chi connectivity index (χ2n) is 7.65. The molecule has 1 amide bonds. The van der Waals surface area contributed by atoms with Crippen LogP contribution >= 0.6 is 0 Å². The van der Waals surface area contributed by atoms with Crippen molar-refractivity contribution in [2.45, 2.75) is 71.6 Å². The molecule has 0 spiro atoms. The van der Waals surface area contributed by atoms with Gasteiger partial charge in [0.05, 0.1) is 7.11 Å². The van der Waals surface area contributed by atoms with Crippen LogP contribution in [0.2, 0.25) is 0 Å². The maximum absolute atomic E-state index is 12.1. The molecular formula is C17H32N2O4. The summed E-state index contributed by atoms with van der Waals surface area (Å²) in [5.41, 5.74) is -0.519. The van der Waals surface area contributed by atoms with Crippen molar-refractivity contribution in [3.05, 3.63) is 0 Å². The normalized spacial score (nSPS) is 20.4. The number of ether oxygens (including phenoxy) is 2. The molecule has 134 valence electrons. The number of esters is 1. The molecule has 1 fully saturated rings. The first kappa shape index (κ1) is 19.7. The molecule has 0 aromatic rings. The van der Waals surface area contributed by atoms with E-state index in [1.807, 2.05) is 20.8 Å². The van der Waals surface area contributed by atoms with Gasteiger partial charge in [0, 0.05) is 12.6 Å². The van der Waals surface area contributed by atoms with Gasteiger partial charge >= 0.3 is 12.1 Å². The molecule has 1 rings (SSSR count). The lowest BCUT2D eigenvalue weighted by Gasteiger charge is -2.30. The Bertz CT molecular complexity index is 404. The lowest BCUT2D eigenvalue weighted by Crippen LogP contribution is -2.48. The number of nitrogens with zero attached hydrogens (tertiary/aromatic N) is 1. The van der Waals surface area contributed by atoms with Gasteiger partial charge < -0.3 is 14.8 Å². The molecule has 0 aromatic heterocycles. The van der Waals surface area contributed by atoms with Crippen molar-refractivity contribution in [1.29, 1.82) is 0 Å². The van der Waals surface area contributed by atoms with Crippen LogP contribution in [0.3, 0.4) is 0 Å². The van der Waals surface area contributed by atoms with Gasteiger partial charge in [-0.2, -0.15) is 0 Å². The summed E-state index contributed by atoms with van der Waals surface area (Å²) in [5, 5.41) is 2.95. The molecule has 0 aliphatic carbocycles. The van der Waals surface area contributed by atoms with Gasteiger partial charge in [0.15, 0.2) is 0 Å². The quantitative estimate of drug-likeness (QED) is 0.759. The summed E-state index contributed by atoms with van der Waals surface area (Å²) in [5.74, 6) is 0.247. The van der Waals surface area contributed by atoms with Crippen LogP contribution in [0.1, 0.15) is 53.9 Å². The molecule has 0 unspecified atom stereocenters. The minimum atomic E-state index is -0.519. The zero-order valence-corrected chi connectivity index (χ0v) is 15.3. The smallest absolute Gasteiger partial charge is 0.407 e. The Morgan fingerprint density at radius 1 is 1.30 bits per heavy atom. The van der Waals surface area contributed by atoms with Gasteiger partial charge in [0.25, 0.3) is 0 Å². The molecule has 0 bridgehead atoms. The van der Waals surface area contributed by atoms with Crippen molar-refractivity contribution in [3.8, 4) is 0 Å². The van der Waals surface area contributed by atoms with Crippen molar-refractivity contribution in [2.75, 3.05) is 20.2 Å². The van der Waals surface area contributed by atoms with Crippen LogP contribution in [0.4, 0.5) is 4.79 Å². The Labute approximate surface area is 139 Å². The number of hydrogen-bond acceptors (Lipinski definition) is 5. The highest BCUT2D eigenvalue weighted by atomic mass is 16.6. The Morgan fingerprint density at radius 3 is 2.48 bits per heavy atom. The molecule has 1 saturated heterocycles. The molecule has 0 aromatic carbocycles. The number of nitrogens with one attached hydrogen (secondary N) is 1. The Balaban J connectivity index is 2.67. The van der Waals surface area contributed by atoms with E-state index in [1.165, 1.54) is 7.11 Å². The highest BCUT2D eigenvalue weighted by Crippen LogP contribution is 2.20. The lowest BCUT2D eigenvalue weighted by atomic mass is 10.0. The number of likely N-dealkylation sites (tertiary alicyclic amines) is 1. The standard InChI is InChI=1S/C17H32N2O4/c1-12(2)10-13(18-16(21)23-17(3,4)5)11-19-9-7-8-14(19)15(20)22-6/h12-14H,7-11H2,1-6H3,(H,18,21)/t13-,14-/m0/s1. The summed E-state index contributed by atoms with van der Waals surface area (Å²) in [4.78, 5) is 26.0. The van der Waals surface area contributed by atoms with E-state index in [0.29, 0.717) is 12.5 Å². The topological polar surface area (TPSA) is 67.9 Å². The van der Waals surface area contributed by atoms with E-state index in [2.05, 4.69) is 24.1 Å². The maximum Gasteiger partial charge on any atom is 0.407 e. The van der Waals surface area contributed by atoms with Crippen LogP contribution in [0.25, 0.3) is 0 Å². The summed E-state index contributed by atoms with van der Waals surface area (Å²) in [6.45, 7) is 11.3. The van der Waals surface area contributed by atoms with Crippen molar-refractivity contribution in [2.24, 2.45) is 5.92 Å². The third-order valence-electron chi connectivity index (χ3n) is 3.77. The third-order valence-corrected chi connectivity index (χ3v) is 3.77. The van der Waals surface area contributed by atoms with E-state index in [0.717, 1.165) is 25.8 Å². The van der Waals surface area contributed by atoms with Gasteiger partial charge in [-0.15, -0.1) is 0 Å². The van der Waals surface area contributed by atoms with Crippen LogP contribution in [-0.4, -0.2) is 54.8 Å². The Morgan fingerprint density at radius 2 is 1.96 bits per heavy atom. The summed E-state index contributed by atoms with van der Waals surface area (Å²) in [6.07, 6.45) is 2.22. The molecule has 1 aliphatic heterocycles. The number of carbonyl (C=O) groups is 2. The van der Waals surface area contributed by atoms with E-state index in [4.69, 9.17) is 9.47 Å². The van der Waals surface area contributed by atoms with Crippen molar-refractivity contribution in [3.63, 3.8) is 0 Å². The highest BCUT2D eigenvalue weighted by molar-refractivity contribution is 5.76. The van der Waals surface area contributed by atoms with E-state index >= 15 is 0 Å². The van der Waals surface area contributed by atoms with Crippen LogP contribution in [0, 0.1) is 5.92 Å². The first-order chi connectivity index (χ1) is 10.6. The molecule has 2 atom stereocenters. The van der Waals surface area contributed by atoms with Crippen LogP contribution in [-0.2, 0) is 14.3 Å². The van der Waals surface area contributed by atoms with Gasteiger partial charge in [-0.05, 0) is 52.5 Å². The molecule has 1 N–H and O–H groups in total. The second kappa shape index (κ2) is 8.52. The molecule has 0 saturated carbocycles. The van der Waals surface area contributed by atoms with Crippen LogP contribution in [0.15, 0.2) is 0 Å². The third kappa shape index (κ3) is 7.20. The first-order valence-electron chi connectivity index (χ1n) is 8.43. The number of hydrogen-bond donors (Lipinski definition) is 1. The molecule has 6 nitrogen and oxygen atoms in total. The van der Waals surface area contributed by atoms with E-state index in [-0.39, 0.29) is 18.1 Å². The van der Waals surface area contributed by atoms with E-state index in [9.17, 15) is 9.59 Å². The average molecular weight is 328 g/mol. The number of rotatable bonds is 6. The molecule has 6 heteroatoms. The Hall–Kier alpha value is -1.30. The monoisotopic (exact) mass is 328 g/mol. The fourth-order valence-corrected chi connectivity index (χ4v) is 2.95. The average Bonchev–Trinajstić information content (AvgIpc) is 2.82. The first-order valence-corrected chi connectivity index (χ1v) is 8.43. The van der Waals surface area contributed by atoms with Crippen molar-refractivity contribution in [1.82, 2.24) is 10.2 Å². The van der Waals surface area contributed by atoms with Crippen molar-refractivity contribution >= 4 is 12.1 Å². The van der Waals surface area contributed by atoms with Gasteiger partial charge in [0.2, 0.25) is 0 Å². The zero-order chi connectivity index (χ0) is 17.6. The summed E-state index contributed by atoms with van der Waals surface area (Å²) >= 11 is 0. The minimum Gasteiger partial charge on any atom is -0.468 e. The molecule has 23 heavy (non-hydrogen) atoms. The SMILES string of the molecule is COC(=O)[C@@H]1CCCN1C[C@H](CC(C)C)NC(=O)OC(C)(C)C. The fourth-order valence-electron chi connectivity index (χ4n) is 2.95. The molecule has 1 aliphatic rings. The van der Waals surface area contributed by atoms with E-state index in [1.54, 1.807) is 0 Å². The van der Waals surface area contributed by atoms with Gasteiger partial charge in [-0.3, -0.25) is 9.69 Å². The summed E-state index contributed by atoms with van der Waals surface area (Å²) in [7, 11) is 1.42. The van der Waals surface area contributed by atoms with Crippen molar-refractivity contribution < 1.29 is 19.1 Å². The molecule has 1 heterocycles. The predicted molar refractivity (Wildman–Crippen MR) is 89.2 cm³/mol. The lowest BCUT2D eigenvalue weighted by molar-refractivity contribution is -0.145. The van der Waals surface area contributed by atoms with Crippen LogP contribution in [0.5, 0.6) is 0 Å². The van der Waals surface area contributed by atoms with E-state index < -0.39 is 11.7 Å². The minimum absolute atomic E-state index is 0.0462. The number of carbonyl (C=O) groups excluding carboxylic acids is 2. The van der Waals surface area contributed by atoms with Gasteiger partial charge in [-0.25, -0.2) is 4.79 Å². The number of alkyl carbamates (subject to hydrolysis) is 1. The summed E-state index contributed by atoms with van der Waals surface area (Å²) < 4.78 is 10.2. The van der Waals surface area contributed by atoms with Crippen LogP contribution < -0.4 is 5.32 Å². The van der Waals surface area contributed by atoms with Gasteiger partial charge in [0.1, 0.15) is 11.6 Å². The number of methoxy groups -OCH3 is 1.